The lowest BCUT2D eigenvalue weighted by Crippen LogP contribution is -2.44. The maximum atomic E-state index is 13.3. The summed E-state index contributed by atoms with van der Waals surface area (Å²) in [6, 6.07) is 15.5. The Bertz CT molecular complexity index is 939. The van der Waals surface area contributed by atoms with Crippen molar-refractivity contribution in [3.8, 4) is 0 Å². The van der Waals surface area contributed by atoms with E-state index in [2.05, 4.69) is 10.0 Å². The number of benzene rings is 2. The van der Waals surface area contributed by atoms with Gasteiger partial charge in [-0.2, -0.15) is 0 Å². The fourth-order valence-corrected chi connectivity index (χ4v) is 4.94. The molecule has 0 aromatic heterocycles. The number of sulfonamides is 1. The normalized spacial score (nSPS) is 17.3. The summed E-state index contributed by atoms with van der Waals surface area (Å²) in [5.74, 6) is -0.112. The SMILES string of the molecule is COCC(C)NS(=O)(=O)c1ccc(NC(=O)C2(c3ccccc3)CCOCC2)cc1. The van der Waals surface area contributed by atoms with Crippen LogP contribution >= 0.6 is 0 Å². The van der Waals surface area contributed by atoms with Crippen LogP contribution in [0.3, 0.4) is 0 Å². The second kappa shape index (κ2) is 9.70. The quantitative estimate of drug-likeness (QED) is 0.669. The number of carbonyl (C=O) groups excluding carboxylic acids is 1. The Morgan fingerprint density at radius 1 is 1.10 bits per heavy atom. The average Bonchev–Trinajstić information content (AvgIpc) is 2.75. The van der Waals surface area contributed by atoms with Crippen molar-refractivity contribution in [2.24, 2.45) is 0 Å². The highest BCUT2D eigenvalue weighted by Crippen LogP contribution is 2.36. The van der Waals surface area contributed by atoms with E-state index in [0.29, 0.717) is 31.7 Å². The number of carbonyl (C=O) groups is 1. The highest BCUT2D eigenvalue weighted by atomic mass is 32.2. The van der Waals surface area contributed by atoms with Crippen molar-refractivity contribution < 1.29 is 22.7 Å². The number of amides is 1. The number of ether oxygens (including phenoxy) is 2. The van der Waals surface area contributed by atoms with Crippen molar-refractivity contribution >= 4 is 21.6 Å². The molecule has 1 atom stereocenters. The number of nitrogens with one attached hydrogen (secondary N) is 2. The van der Waals surface area contributed by atoms with Gasteiger partial charge in [0.2, 0.25) is 15.9 Å². The molecule has 2 aromatic carbocycles. The van der Waals surface area contributed by atoms with Gasteiger partial charge in [-0.15, -0.1) is 0 Å². The van der Waals surface area contributed by atoms with Gasteiger partial charge >= 0.3 is 0 Å². The van der Waals surface area contributed by atoms with Gasteiger partial charge < -0.3 is 14.8 Å². The number of anilines is 1. The van der Waals surface area contributed by atoms with E-state index in [1.165, 1.54) is 19.2 Å². The van der Waals surface area contributed by atoms with Crippen LogP contribution in [-0.2, 0) is 29.7 Å². The van der Waals surface area contributed by atoms with E-state index in [-0.39, 0.29) is 23.5 Å². The number of hydrogen-bond donors (Lipinski definition) is 2. The Morgan fingerprint density at radius 2 is 1.73 bits per heavy atom. The molecule has 1 heterocycles. The molecule has 1 aliphatic heterocycles. The number of rotatable bonds is 8. The van der Waals surface area contributed by atoms with Crippen LogP contribution in [0.25, 0.3) is 0 Å². The average molecular weight is 433 g/mol. The molecule has 8 heteroatoms. The number of methoxy groups -OCH3 is 1. The lowest BCUT2D eigenvalue weighted by Gasteiger charge is -2.36. The Hall–Kier alpha value is -2.26. The Kier molecular flexibility index (Phi) is 7.25. The zero-order valence-corrected chi connectivity index (χ0v) is 18.1. The van der Waals surface area contributed by atoms with Crippen molar-refractivity contribution in [1.29, 1.82) is 0 Å². The summed E-state index contributed by atoms with van der Waals surface area (Å²) in [7, 11) is -2.14. The molecule has 1 saturated heterocycles. The van der Waals surface area contributed by atoms with Crippen LogP contribution in [0.5, 0.6) is 0 Å². The minimum Gasteiger partial charge on any atom is -0.383 e. The fraction of sp³-hybridized carbons (Fsp3) is 0.409. The minimum absolute atomic E-state index is 0.112. The molecule has 2 aromatic rings. The molecule has 0 saturated carbocycles. The Morgan fingerprint density at radius 3 is 2.33 bits per heavy atom. The van der Waals surface area contributed by atoms with Crippen LogP contribution in [-0.4, -0.2) is 47.3 Å². The summed E-state index contributed by atoms with van der Waals surface area (Å²) in [6.07, 6.45) is 1.19. The minimum atomic E-state index is -3.66. The van der Waals surface area contributed by atoms with Gasteiger partial charge in [0.1, 0.15) is 0 Å². The summed E-state index contributed by atoms with van der Waals surface area (Å²) < 4.78 is 37.9. The smallest absolute Gasteiger partial charge is 0.240 e. The summed E-state index contributed by atoms with van der Waals surface area (Å²) in [6.45, 7) is 3.04. The molecule has 0 aliphatic carbocycles. The van der Waals surface area contributed by atoms with E-state index < -0.39 is 15.4 Å². The molecule has 7 nitrogen and oxygen atoms in total. The molecule has 1 amide bonds. The molecule has 1 aliphatic rings. The first-order valence-corrected chi connectivity index (χ1v) is 11.4. The highest BCUT2D eigenvalue weighted by molar-refractivity contribution is 7.89. The van der Waals surface area contributed by atoms with Gasteiger partial charge in [-0.25, -0.2) is 13.1 Å². The standard InChI is InChI=1S/C22H28N2O5S/c1-17(16-28-2)24-30(26,27)20-10-8-19(9-11-20)23-21(25)22(12-14-29-15-13-22)18-6-4-3-5-7-18/h3-11,17,24H,12-16H2,1-2H3,(H,23,25). The van der Waals surface area contributed by atoms with Crippen molar-refractivity contribution in [3.05, 3.63) is 60.2 Å². The molecule has 162 valence electrons. The van der Waals surface area contributed by atoms with Gasteiger partial charge in [0.25, 0.3) is 0 Å². The molecule has 0 radical (unpaired) electrons. The fourth-order valence-electron chi connectivity index (χ4n) is 3.71. The summed E-state index contributed by atoms with van der Waals surface area (Å²) in [5.41, 5.74) is 0.841. The third-order valence-electron chi connectivity index (χ3n) is 5.30. The first-order chi connectivity index (χ1) is 14.4. The molecular weight excluding hydrogens is 404 g/mol. The van der Waals surface area contributed by atoms with Crippen molar-refractivity contribution in [1.82, 2.24) is 4.72 Å². The third kappa shape index (κ3) is 5.07. The zero-order valence-electron chi connectivity index (χ0n) is 17.3. The maximum absolute atomic E-state index is 13.3. The van der Waals surface area contributed by atoms with Crippen molar-refractivity contribution in [2.45, 2.75) is 36.1 Å². The molecule has 30 heavy (non-hydrogen) atoms. The van der Waals surface area contributed by atoms with Gasteiger partial charge in [-0.1, -0.05) is 30.3 Å². The van der Waals surface area contributed by atoms with E-state index in [1.54, 1.807) is 19.1 Å². The predicted molar refractivity (Wildman–Crippen MR) is 115 cm³/mol. The van der Waals surface area contributed by atoms with E-state index in [0.717, 1.165) is 5.56 Å². The van der Waals surface area contributed by atoms with Gasteiger partial charge in [0.15, 0.2) is 0 Å². The Labute approximate surface area is 177 Å². The van der Waals surface area contributed by atoms with Crippen LogP contribution < -0.4 is 10.0 Å². The first kappa shape index (κ1) is 22.4. The van der Waals surface area contributed by atoms with E-state index in [9.17, 15) is 13.2 Å². The second-order valence-corrected chi connectivity index (χ2v) is 9.23. The van der Waals surface area contributed by atoms with Crippen molar-refractivity contribution in [2.75, 3.05) is 32.2 Å². The molecule has 0 bridgehead atoms. The number of hydrogen-bond acceptors (Lipinski definition) is 5. The second-order valence-electron chi connectivity index (χ2n) is 7.52. The lowest BCUT2D eigenvalue weighted by atomic mass is 9.73. The van der Waals surface area contributed by atoms with E-state index >= 15 is 0 Å². The predicted octanol–water partition coefficient (Wildman–Crippen LogP) is 2.69. The van der Waals surface area contributed by atoms with Gasteiger partial charge in [-0.3, -0.25) is 4.79 Å². The van der Waals surface area contributed by atoms with Crippen LogP contribution in [0.15, 0.2) is 59.5 Å². The van der Waals surface area contributed by atoms with Crippen LogP contribution in [0, 0.1) is 0 Å². The summed E-state index contributed by atoms with van der Waals surface area (Å²) in [5, 5.41) is 2.96. The van der Waals surface area contributed by atoms with Crippen LogP contribution in [0.4, 0.5) is 5.69 Å². The maximum Gasteiger partial charge on any atom is 0.240 e. The largest absolute Gasteiger partial charge is 0.383 e. The van der Waals surface area contributed by atoms with E-state index in [4.69, 9.17) is 9.47 Å². The van der Waals surface area contributed by atoms with Gasteiger partial charge in [-0.05, 0) is 49.6 Å². The first-order valence-electron chi connectivity index (χ1n) is 9.93. The van der Waals surface area contributed by atoms with Gasteiger partial charge in [0, 0.05) is 32.1 Å². The van der Waals surface area contributed by atoms with Crippen LogP contribution in [0.2, 0.25) is 0 Å². The molecule has 1 unspecified atom stereocenters. The topological polar surface area (TPSA) is 93.7 Å². The Balaban J connectivity index is 1.76. The summed E-state index contributed by atoms with van der Waals surface area (Å²) in [4.78, 5) is 13.4. The monoisotopic (exact) mass is 432 g/mol. The third-order valence-corrected chi connectivity index (χ3v) is 6.91. The molecular formula is C22H28N2O5S. The zero-order chi connectivity index (χ0) is 21.6. The van der Waals surface area contributed by atoms with Crippen LogP contribution in [0.1, 0.15) is 25.3 Å². The molecule has 0 spiro atoms. The lowest BCUT2D eigenvalue weighted by molar-refractivity contribution is -0.125. The summed E-state index contributed by atoms with van der Waals surface area (Å²) >= 11 is 0. The highest BCUT2D eigenvalue weighted by Gasteiger charge is 2.41. The molecule has 1 fully saturated rings. The van der Waals surface area contributed by atoms with Crippen molar-refractivity contribution in [3.63, 3.8) is 0 Å². The molecule has 2 N–H and O–H groups in total. The van der Waals surface area contributed by atoms with E-state index in [1.807, 2.05) is 30.3 Å². The molecule has 3 rings (SSSR count). The van der Waals surface area contributed by atoms with Gasteiger partial charge in [0.05, 0.1) is 16.9 Å².